The quantitative estimate of drug-likeness (QED) is 0.867. The summed E-state index contributed by atoms with van der Waals surface area (Å²) >= 11 is 1.43. The Morgan fingerprint density at radius 1 is 1.38 bits per heavy atom. The smallest absolute Gasteiger partial charge is 0.202 e. The molecule has 2 aromatic rings. The van der Waals surface area contributed by atoms with Crippen LogP contribution in [0.15, 0.2) is 24.5 Å². The van der Waals surface area contributed by atoms with Gasteiger partial charge in [0.25, 0.3) is 0 Å². The third kappa shape index (κ3) is 2.82. The van der Waals surface area contributed by atoms with Gasteiger partial charge in [-0.25, -0.2) is 4.98 Å². The van der Waals surface area contributed by atoms with Gasteiger partial charge < -0.3 is 9.88 Å². The van der Waals surface area contributed by atoms with Gasteiger partial charge in [0.15, 0.2) is 0 Å². The van der Waals surface area contributed by atoms with Gasteiger partial charge in [0, 0.05) is 42.9 Å². The molecule has 0 radical (unpaired) electrons. The van der Waals surface area contributed by atoms with Crippen LogP contribution in [0.2, 0.25) is 0 Å². The monoisotopic (exact) mass is 236 g/mol. The molecule has 86 valence electrons. The molecule has 0 aliphatic rings. The number of nitrogens with one attached hydrogen (secondary N) is 1. The van der Waals surface area contributed by atoms with Gasteiger partial charge in [-0.05, 0) is 12.1 Å². The predicted octanol–water partition coefficient (Wildman–Crippen LogP) is 2.58. The van der Waals surface area contributed by atoms with Crippen LogP contribution in [0, 0.1) is 0 Å². The van der Waals surface area contributed by atoms with Crippen LogP contribution in [0.1, 0.15) is 25.6 Å². The largest absolute Gasteiger partial charge is 0.358 e. The molecule has 4 nitrogen and oxygen atoms in total. The van der Waals surface area contributed by atoms with E-state index in [0.717, 1.165) is 24.0 Å². The fourth-order valence-electron chi connectivity index (χ4n) is 1.35. The van der Waals surface area contributed by atoms with Crippen LogP contribution in [0.4, 0.5) is 5.13 Å². The van der Waals surface area contributed by atoms with E-state index in [1.54, 1.807) is 0 Å². The van der Waals surface area contributed by atoms with Gasteiger partial charge in [-0.2, -0.15) is 4.37 Å². The SMILES string of the molecule is CC(C)c1nsc(NCCn2cccc2)n1. The number of hydrogen-bond acceptors (Lipinski definition) is 4. The van der Waals surface area contributed by atoms with Crippen molar-refractivity contribution in [2.75, 3.05) is 11.9 Å². The van der Waals surface area contributed by atoms with Crippen molar-refractivity contribution >= 4 is 16.7 Å². The van der Waals surface area contributed by atoms with Crippen molar-refractivity contribution in [3.8, 4) is 0 Å². The Kier molecular flexibility index (Phi) is 3.56. The van der Waals surface area contributed by atoms with E-state index < -0.39 is 0 Å². The summed E-state index contributed by atoms with van der Waals surface area (Å²) < 4.78 is 6.43. The molecule has 0 saturated heterocycles. The van der Waals surface area contributed by atoms with Gasteiger partial charge in [0.05, 0.1) is 0 Å². The third-order valence-corrected chi connectivity index (χ3v) is 2.96. The first-order valence-corrected chi connectivity index (χ1v) is 6.21. The van der Waals surface area contributed by atoms with Crippen molar-refractivity contribution in [2.24, 2.45) is 0 Å². The second kappa shape index (κ2) is 5.12. The fraction of sp³-hybridized carbons (Fsp3) is 0.455. The Balaban J connectivity index is 1.81. The zero-order valence-corrected chi connectivity index (χ0v) is 10.4. The molecule has 0 fully saturated rings. The average Bonchev–Trinajstić information content (AvgIpc) is 2.87. The van der Waals surface area contributed by atoms with E-state index in [2.05, 4.69) is 45.5 Å². The number of aromatic nitrogens is 3. The molecule has 0 aromatic carbocycles. The summed E-state index contributed by atoms with van der Waals surface area (Å²) in [4.78, 5) is 4.42. The number of hydrogen-bond donors (Lipinski definition) is 1. The summed E-state index contributed by atoms with van der Waals surface area (Å²) in [6.07, 6.45) is 4.11. The molecule has 0 spiro atoms. The van der Waals surface area contributed by atoms with E-state index in [9.17, 15) is 0 Å². The molecule has 0 bridgehead atoms. The number of nitrogens with zero attached hydrogens (tertiary/aromatic N) is 3. The molecule has 2 aromatic heterocycles. The van der Waals surface area contributed by atoms with Crippen LogP contribution >= 0.6 is 11.5 Å². The summed E-state index contributed by atoms with van der Waals surface area (Å²) in [6.45, 7) is 6.03. The predicted molar refractivity (Wildman–Crippen MR) is 66.9 cm³/mol. The standard InChI is InChI=1S/C11H16N4S/c1-9(2)10-13-11(16-14-10)12-5-8-15-6-3-4-7-15/h3-4,6-7,9H,5,8H2,1-2H3,(H,12,13,14). The lowest BCUT2D eigenvalue weighted by molar-refractivity contribution is 0.731. The van der Waals surface area contributed by atoms with Gasteiger partial charge in [0.1, 0.15) is 5.82 Å². The van der Waals surface area contributed by atoms with Crippen LogP contribution < -0.4 is 5.32 Å². The van der Waals surface area contributed by atoms with Gasteiger partial charge in [-0.15, -0.1) is 0 Å². The Morgan fingerprint density at radius 2 is 2.12 bits per heavy atom. The molecule has 1 N–H and O–H groups in total. The van der Waals surface area contributed by atoms with Crippen molar-refractivity contribution in [2.45, 2.75) is 26.3 Å². The van der Waals surface area contributed by atoms with Gasteiger partial charge in [-0.1, -0.05) is 13.8 Å². The van der Waals surface area contributed by atoms with Crippen molar-refractivity contribution in [1.29, 1.82) is 0 Å². The summed E-state index contributed by atoms with van der Waals surface area (Å²) in [6, 6.07) is 4.06. The second-order valence-corrected chi connectivity index (χ2v) is 4.71. The van der Waals surface area contributed by atoms with Crippen molar-refractivity contribution in [1.82, 2.24) is 13.9 Å². The summed E-state index contributed by atoms with van der Waals surface area (Å²) in [5, 5.41) is 4.20. The summed E-state index contributed by atoms with van der Waals surface area (Å²) in [7, 11) is 0. The first kappa shape index (κ1) is 11.1. The highest BCUT2D eigenvalue weighted by atomic mass is 32.1. The van der Waals surface area contributed by atoms with Gasteiger partial charge >= 0.3 is 0 Å². The van der Waals surface area contributed by atoms with Gasteiger partial charge in [0.2, 0.25) is 5.13 Å². The molecule has 0 aliphatic carbocycles. The normalized spacial score (nSPS) is 10.9. The highest BCUT2D eigenvalue weighted by molar-refractivity contribution is 7.09. The van der Waals surface area contributed by atoms with Crippen molar-refractivity contribution in [3.05, 3.63) is 30.4 Å². The Bertz CT molecular complexity index is 419. The van der Waals surface area contributed by atoms with E-state index in [4.69, 9.17) is 0 Å². The molecule has 0 aliphatic heterocycles. The van der Waals surface area contributed by atoms with Crippen LogP contribution in [0.3, 0.4) is 0 Å². The van der Waals surface area contributed by atoms with Crippen molar-refractivity contribution < 1.29 is 0 Å². The molecule has 0 saturated carbocycles. The van der Waals surface area contributed by atoms with Crippen molar-refractivity contribution in [3.63, 3.8) is 0 Å². The third-order valence-electron chi connectivity index (χ3n) is 2.27. The molecule has 5 heteroatoms. The highest BCUT2D eigenvalue weighted by Gasteiger charge is 2.06. The minimum atomic E-state index is 0.399. The zero-order chi connectivity index (χ0) is 11.4. The second-order valence-electron chi connectivity index (χ2n) is 3.96. The molecule has 0 unspecified atom stereocenters. The molecule has 2 rings (SSSR count). The lowest BCUT2D eigenvalue weighted by Gasteiger charge is -2.03. The van der Waals surface area contributed by atoms with E-state index in [0.29, 0.717) is 5.92 Å². The van der Waals surface area contributed by atoms with Crippen LogP contribution in [-0.4, -0.2) is 20.5 Å². The highest BCUT2D eigenvalue weighted by Crippen LogP contribution is 2.16. The van der Waals surface area contributed by atoms with E-state index in [1.165, 1.54) is 11.5 Å². The maximum Gasteiger partial charge on any atom is 0.202 e. The first-order chi connectivity index (χ1) is 7.75. The molecular weight excluding hydrogens is 220 g/mol. The minimum Gasteiger partial charge on any atom is -0.358 e. The fourth-order valence-corrected chi connectivity index (χ4v) is 2.08. The molecule has 0 atom stereocenters. The average molecular weight is 236 g/mol. The van der Waals surface area contributed by atoms with E-state index in [1.807, 2.05) is 12.1 Å². The van der Waals surface area contributed by atoms with Crippen LogP contribution in [-0.2, 0) is 6.54 Å². The first-order valence-electron chi connectivity index (χ1n) is 5.44. The van der Waals surface area contributed by atoms with E-state index >= 15 is 0 Å². The number of anilines is 1. The summed E-state index contributed by atoms with van der Waals surface area (Å²) in [5.74, 6) is 1.32. The summed E-state index contributed by atoms with van der Waals surface area (Å²) in [5.41, 5.74) is 0. The maximum absolute atomic E-state index is 4.42. The minimum absolute atomic E-state index is 0.399. The Hall–Kier alpha value is -1.36. The Morgan fingerprint density at radius 3 is 2.75 bits per heavy atom. The lowest BCUT2D eigenvalue weighted by atomic mass is 10.2. The molecular formula is C11H16N4S. The Labute approximate surface area is 99.5 Å². The van der Waals surface area contributed by atoms with Crippen LogP contribution in [0.25, 0.3) is 0 Å². The topological polar surface area (TPSA) is 42.7 Å². The maximum atomic E-state index is 4.42. The lowest BCUT2D eigenvalue weighted by Crippen LogP contribution is -2.08. The molecule has 16 heavy (non-hydrogen) atoms. The van der Waals surface area contributed by atoms with Gasteiger partial charge in [-0.3, -0.25) is 0 Å². The molecule has 2 heterocycles. The van der Waals surface area contributed by atoms with E-state index in [-0.39, 0.29) is 0 Å². The number of rotatable bonds is 5. The zero-order valence-electron chi connectivity index (χ0n) is 9.55. The molecule has 0 amide bonds. The van der Waals surface area contributed by atoms with Crippen LogP contribution in [0.5, 0.6) is 0 Å².